The molecule has 1 N–H and O–H groups in total. The van der Waals surface area contributed by atoms with E-state index in [1.54, 1.807) is 48.7 Å². The molecule has 6 heteroatoms. The van der Waals surface area contributed by atoms with Crippen LogP contribution in [0.2, 0.25) is 5.02 Å². The average molecular weight is 391 g/mol. The number of rotatable bonds is 3. The maximum Gasteiger partial charge on any atom is 0.301 e. The van der Waals surface area contributed by atoms with Crippen molar-refractivity contribution in [2.75, 3.05) is 4.90 Å². The number of benzene rings is 2. The van der Waals surface area contributed by atoms with Crippen LogP contribution in [-0.2, 0) is 9.59 Å². The molecule has 0 bridgehead atoms. The average Bonchev–Trinajstić information content (AvgIpc) is 3.00. The van der Waals surface area contributed by atoms with Crippen molar-refractivity contribution in [2.24, 2.45) is 0 Å². The van der Waals surface area contributed by atoms with Crippen LogP contribution in [0.4, 0.5) is 5.82 Å². The second-order valence-corrected chi connectivity index (χ2v) is 6.71. The van der Waals surface area contributed by atoms with Crippen molar-refractivity contribution >= 4 is 34.9 Å². The van der Waals surface area contributed by atoms with E-state index in [9.17, 15) is 14.7 Å². The molecule has 1 aliphatic heterocycles. The molecule has 0 saturated carbocycles. The largest absolute Gasteiger partial charge is 0.507 e. The third-order valence-electron chi connectivity index (χ3n) is 4.57. The molecule has 28 heavy (non-hydrogen) atoms. The highest BCUT2D eigenvalue weighted by Gasteiger charge is 2.47. The van der Waals surface area contributed by atoms with Crippen molar-refractivity contribution in [3.63, 3.8) is 0 Å². The summed E-state index contributed by atoms with van der Waals surface area (Å²) >= 11 is 5.92. The molecule has 1 unspecified atom stereocenters. The van der Waals surface area contributed by atoms with Crippen LogP contribution in [0.15, 0.2) is 84.6 Å². The van der Waals surface area contributed by atoms with Gasteiger partial charge in [0.1, 0.15) is 11.6 Å². The van der Waals surface area contributed by atoms with Gasteiger partial charge in [0.2, 0.25) is 0 Å². The van der Waals surface area contributed by atoms with Crippen LogP contribution in [0.3, 0.4) is 0 Å². The fourth-order valence-electron chi connectivity index (χ4n) is 3.28. The van der Waals surface area contributed by atoms with Crippen LogP contribution in [0.1, 0.15) is 17.2 Å². The van der Waals surface area contributed by atoms with Crippen molar-refractivity contribution in [1.29, 1.82) is 0 Å². The Morgan fingerprint density at radius 1 is 0.929 bits per heavy atom. The number of hydrogen-bond donors (Lipinski definition) is 1. The van der Waals surface area contributed by atoms with Crippen molar-refractivity contribution in [3.05, 3.63) is 101 Å². The van der Waals surface area contributed by atoms with Gasteiger partial charge in [-0.05, 0) is 42.0 Å². The molecule has 1 saturated heterocycles. The fourth-order valence-corrected chi connectivity index (χ4v) is 3.41. The molecule has 2 heterocycles. The summed E-state index contributed by atoms with van der Waals surface area (Å²) in [7, 11) is 0. The number of anilines is 1. The minimum atomic E-state index is -0.785. The minimum absolute atomic E-state index is 0.0178. The highest BCUT2D eigenvalue weighted by Crippen LogP contribution is 2.41. The number of halogens is 1. The summed E-state index contributed by atoms with van der Waals surface area (Å²) in [5.74, 6) is -1.40. The van der Waals surface area contributed by atoms with E-state index in [1.165, 1.54) is 4.90 Å². The Balaban J connectivity index is 1.94. The van der Waals surface area contributed by atoms with Gasteiger partial charge in [-0.25, -0.2) is 4.98 Å². The second-order valence-electron chi connectivity index (χ2n) is 6.27. The Labute approximate surface area is 166 Å². The van der Waals surface area contributed by atoms with E-state index in [0.717, 1.165) is 0 Å². The molecule has 1 aromatic heterocycles. The lowest BCUT2D eigenvalue weighted by Gasteiger charge is -2.24. The van der Waals surface area contributed by atoms with Crippen molar-refractivity contribution in [2.45, 2.75) is 6.04 Å². The molecule has 1 atom stereocenters. The summed E-state index contributed by atoms with van der Waals surface area (Å²) in [6.45, 7) is 0. The fraction of sp³-hybridized carbons (Fsp3) is 0.0455. The van der Waals surface area contributed by atoms with E-state index in [4.69, 9.17) is 11.6 Å². The number of aliphatic hydroxyl groups excluding tert-OH is 1. The maximum atomic E-state index is 12.9. The van der Waals surface area contributed by atoms with Crippen LogP contribution in [0, 0.1) is 0 Å². The van der Waals surface area contributed by atoms with Gasteiger partial charge in [0.25, 0.3) is 5.78 Å². The number of aliphatic hydroxyl groups is 1. The molecule has 3 aromatic rings. The lowest BCUT2D eigenvalue weighted by atomic mass is 9.95. The molecule has 0 radical (unpaired) electrons. The molecule has 1 fully saturated rings. The number of ketones is 1. The number of nitrogens with zero attached hydrogens (tertiary/aromatic N) is 2. The number of Topliss-reactive ketones (excluding diaryl/α,β-unsaturated/α-hetero) is 1. The van der Waals surface area contributed by atoms with Gasteiger partial charge in [0.15, 0.2) is 0 Å². The Morgan fingerprint density at radius 3 is 2.25 bits per heavy atom. The summed E-state index contributed by atoms with van der Waals surface area (Å²) in [6, 6.07) is 19.9. The first kappa shape index (κ1) is 17.9. The van der Waals surface area contributed by atoms with Crippen molar-refractivity contribution < 1.29 is 14.7 Å². The minimum Gasteiger partial charge on any atom is -0.507 e. The summed E-state index contributed by atoms with van der Waals surface area (Å²) in [5, 5.41) is 11.4. The van der Waals surface area contributed by atoms with Crippen LogP contribution < -0.4 is 4.90 Å². The molecular formula is C22H15ClN2O3. The van der Waals surface area contributed by atoms with Gasteiger partial charge >= 0.3 is 5.91 Å². The first-order valence-electron chi connectivity index (χ1n) is 8.61. The monoisotopic (exact) mass is 390 g/mol. The standard InChI is InChI=1S/C22H15ClN2O3/c23-16-11-9-15(10-12-16)20(26)18-19(14-6-2-1-3-7-14)25(22(28)21(18)27)17-8-4-5-13-24-17/h1-13,19,26H. The lowest BCUT2D eigenvalue weighted by molar-refractivity contribution is -0.132. The molecule has 2 aromatic carbocycles. The molecule has 0 aliphatic carbocycles. The van der Waals surface area contributed by atoms with E-state index in [2.05, 4.69) is 4.98 Å². The first-order valence-corrected chi connectivity index (χ1v) is 8.98. The Hall–Kier alpha value is -3.44. The summed E-state index contributed by atoms with van der Waals surface area (Å²) < 4.78 is 0. The molecule has 0 spiro atoms. The van der Waals surface area contributed by atoms with Gasteiger partial charge in [-0.2, -0.15) is 0 Å². The zero-order valence-electron chi connectivity index (χ0n) is 14.6. The van der Waals surface area contributed by atoms with E-state index >= 15 is 0 Å². The van der Waals surface area contributed by atoms with Gasteiger partial charge in [0.05, 0.1) is 11.6 Å². The van der Waals surface area contributed by atoms with Gasteiger partial charge in [-0.15, -0.1) is 0 Å². The van der Waals surface area contributed by atoms with E-state index in [-0.39, 0.29) is 11.3 Å². The third-order valence-corrected chi connectivity index (χ3v) is 4.83. The van der Waals surface area contributed by atoms with Gasteiger partial charge in [-0.3, -0.25) is 14.5 Å². The zero-order valence-corrected chi connectivity index (χ0v) is 15.4. The molecule has 5 nitrogen and oxygen atoms in total. The van der Waals surface area contributed by atoms with Crippen LogP contribution in [-0.4, -0.2) is 21.8 Å². The van der Waals surface area contributed by atoms with Crippen molar-refractivity contribution in [1.82, 2.24) is 4.98 Å². The number of aromatic nitrogens is 1. The Kier molecular flexibility index (Phi) is 4.67. The SMILES string of the molecule is O=C1C(=O)N(c2ccccn2)C(c2ccccc2)C1=C(O)c1ccc(Cl)cc1. The number of carbonyl (C=O) groups excluding carboxylic acids is 2. The molecular weight excluding hydrogens is 376 g/mol. The Bertz CT molecular complexity index is 1060. The third kappa shape index (κ3) is 3.06. The van der Waals surface area contributed by atoms with E-state index < -0.39 is 17.7 Å². The lowest BCUT2D eigenvalue weighted by Crippen LogP contribution is -2.30. The highest BCUT2D eigenvalue weighted by atomic mass is 35.5. The molecule has 1 amide bonds. The van der Waals surface area contributed by atoms with E-state index in [0.29, 0.717) is 22.0 Å². The zero-order chi connectivity index (χ0) is 19.7. The predicted molar refractivity (Wildman–Crippen MR) is 107 cm³/mol. The quantitative estimate of drug-likeness (QED) is 0.410. The number of pyridine rings is 1. The number of carbonyl (C=O) groups is 2. The summed E-state index contributed by atoms with van der Waals surface area (Å²) in [4.78, 5) is 31.3. The topological polar surface area (TPSA) is 70.5 Å². The Morgan fingerprint density at radius 2 is 1.61 bits per heavy atom. The first-order chi connectivity index (χ1) is 13.6. The normalized spacial score (nSPS) is 18.5. The number of hydrogen-bond acceptors (Lipinski definition) is 4. The summed E-state index contributed by atoms with van der Waals surface area (Å²) in [5.41, 5.74) is 1.12. The maximum absolute atomic E-state index is 12.9. The second kappa shape index (κ2) is 7.29. The predicted octanol–water partition coefficient (Wildman–Crippen LogP) is 4.36. The molecule has 4 rings (SSSR count). The van der Waals surface area contributed by atoms with Gasteiger partial charge in [0, 0.05) is 16.8 Å². The van der Waals surface area contributed by atoms with Crippen LogP contribution in [0.5, 0.6) is 0 Å². The molecule has 1 aliphatic rings. The highest BCUT2D eigenvalue weighted by molar-refractivity contribution is 6.51. The van der Waals surface area contributed by atoms with Gasteiger partial charge < -0.3 is 5.11 Å². The van der Waals surface area contributed by atoms with Gasteiger partial charge in [-0.1, -0.05) is 48.0 Å². The van der Waals surface area contributed by atoms with Crippen LogP contribution >= 0.6 is 11.6 Å². The smallest absolute Gasteiger partial charge is 0.301 e. The summed E-state index contributed by atoms with van der Waals surface area (Å²) in [6.07, 6.45) is 1.55. The number of amides is 1. The van der Waals surface area contributed by atoms with Crippen molar-refractivity contribution in [3.8, 4) is 0 Å². The molecule has 138 valence electrons. The van der Waals surface area contributed by atoms with E-state index in [1.807, 2.05) is 30.3 Å². The van der Waals surface area contributed by atoms with Crippen LogP contribution in [0.25, 0.3) is 5.76 Å².